The number of nitrogens with one attached hydrogen (secondary N) is 2. The Kier molecular flexibility index (Phi) is 12.2. The Bertz CT molecular complexity index is 460. The molecule has 0 aromatic carbocycles. The van der Waals surface area contributed by atoms with Gasteiger partial charge in [0.2, 0.25) is 0 Å². The van der Waals surface area contributed by atoms with Crippen LogP contribution in [0.5, 0.6) is 0 Å². The van der Waals surface area contributed by atoms with E-state index in [1.165, 1.54) is 64.5 Å². The van der Waals surface area contributed by atoms with Crippen LogP contribution in [0.15, 0.2) is 4.99 Å². The highest BCUT2D eigenvalue weighted by Crippen LogP contribution is 2.35. The normalized spacial score (nSPS) is 24.0. The maximum absolute atomic E-state index is 5.96. The largest absolute Gasteiger partial charge is 0.381 e. The van der Waals surface area contributed by atoms with E-state index in [0.29, 0.717) is 11.6 Å². The fourth-order valence-corrected chi connectivity index (χ4v) is 5.02. The molecule has 2 N–H and O–H groups in total. The molecule has 3 aliphatic rings. The van der Waals surface area contributed by atoms with Gasteiger partial charge in [-0.1, -0.05) is 25.7 Å². The predicted octanol–water partition coefficient (Wildman–Crippen LogP) is 3.54. The van der Waals surface area contributed by atoms with Crippen LogP contribution < -0.4 is 10.6 Å². The third kappa shape index (κ3) is 8.15. The van der Waals surface area contributed by atoms with Gasteiger partial charge < -0.3 is 20.1 Å². The summed E-state index contributed by atoms with van der Waals surface area (Å²) in [5.74, 6) is 0.938. The number of aliphatic imine (C=N–C) groups is 1. The third-order valence-corrected chi connectivity index (χ3v) is 6.76. The van der Waals surface area contributed by atoms with Gasteiger partial charge in [0, 0.05) is 45.5 Å². The van der Waals surface area contributed by atoms with Gasteiger partial charge in [-0.3, -0.25) is 9.89 Å². The smallest absolute Gasteiger partial charge is 0.191 e. The van der Waals surface area contributed by atoms with Gasteiger partial charge in [0.15, 0.2) is 5.96 Å². The average molecular weight is 523 g/mol. The summed E-state index contributed by atoms with van der Waals surface area (Å²) >= 11 is 0. The summed E-state index contributed by atoms with van der Waals surface area (Å²) < 4.78 is 11.3. The second-order valence-electron chi connectivity index (χ2n) is 8.72. The van der Waals surface area contributed by atoms with E-state index in [0.717, 1.165) is 58.1 Å². The van der Waals surface area contributed by atoms with Crippen LogP contribution in [-0.2, 0) is 9.47 Å². The van der Waals surface area contributed by atoms with Gasteiger partial charge in [0.1, 0.15) is 0 Å². The summed E-state index contributed by atoms with van der Waals surface area (Å²) in [5.41, 5.74) is 0.336. The Morgan fingerprint density at radius 2 is 1.72 bits per heavy atom. The molecule has 0 spiro atoms. The quantitative estimate of drug-likeness (QED) is 0.221. The van der Waals surface area contributed by atoms with Crippen LogP contribution in [0.25, 0.3) is 0 Å². The van der Waals surface area contributed by atoms with Gasteiger partial charge in [0.05, 0.1) is 6.10 Å². The van der Waals surface area contributed by atoms with Crippen molar-refractivity contribution in [2.75, 3.05) is 53.0 Å². The van der Waals surface area contributed by atoms with E-state index in [1.54, 1.807) is 0 Å². The second-order valence-corrected chi connectivity index (χ2v) is 8.72. The third-order valence-electron chi connectivity index (χ3n) is 6.76. The van der Waals surface area contributed by atoms with Crippen molar-refractivity contribution in [3.63, 3.8) is 0 Å². The molecule has 0 radical (unpaired) electrons. The number of nitrogens with zero attached hydrogens (tertiary/aromatic N) is 2. The van der Waals surface area contributed by atoms with Gasteiger partial charge in [0.25, 0.3) is 0 Å². The molecule has 1 saturated carbocycles. The lowest BCUT2D eigenvalue weighted by molar-refractivity contribution is -0.0320. The molecule has 0 amide bonds. The highest BCUT2D eigenvalue weighted by Gasteiger charge is 2.38. The van der Waals surface area contributed by atoms with Crippen molar-refractivity contribution in [1.29, 1.82) is 0 Å². The number of piperidine rings is 1. The molecule has 170 valence electrons. The van der Waals surface area contributed by atoms with E-state index in [-0.39, 0.29) is 24.0 Å². The molecule has 6 nitrogen and oxygen atoms in total. The Morgan fingerprint density at radius 1 is 1.03 bits per heavy atom. The monoisotopic (exact) mass is 522 g/mol. The zero-order chi connectivity index (χ0) is 19.5. The molecule has 0 bridgehead atoms. The van der Waals surface area contributed by atoms with Crippen molar-refractivity contribution < 1.29 is 9.47 Å². The van der Waals surface area contributed by atoms with Crippen LogP contribution in [0, 0.1) is 0 Å². The molecule has 2 heterocycles. The SMILES string of the molecule is CN=C(NCCCOC1CCOCC1)NCC1(N2CCCCC2)CCCCC1.I. The van der Waals surface area contributed by atoms with Crippen LogP contribution in [0.2, 0.25) is 0 Å². The maximum atomic E-state index is 5.96. The Labute approximate surface area is 195 Å². The number of halogens is 1. The number of ether oxygens (including phenoxy) is 2. The van der Waals surface area contributed by atoms with E-state index in [1.807, 2.05) is 7.05 Å². The van der Waals surface area contributed by atoms with Crippen LogP contribution in [-0.4, -0.2) is 75.5 Å². The summed E-state index contributed by atoms with van der Waals surface area (Å²) in [6.07, 6.45) is 14.4. The molecule has 2 saturated heterocycles. The molecule has 3 fully saturated rings. The number of guanidine groups is 1. The lowest BCUT2D eigenvalue weighted by Gasteiger charge is -2.48. The fourth-order valence-electron chi connectivity index (χ4n) is 5.02. The molecule has 0 aromatic rings. The van der Waals surface area contributed by atoms with Crippen LogP contribution in [0.3, 0.4) is 0 Å². The molecular formula is C22H43IN4O2. The fraction of sp³-hybridized carbons (Fsp3) is 0.955. The van der Waals surface area contributed by atoms with Crippen LogP contribution >= 0.6 is 24.0 Å². The summed E-state index contributed by atoms with van der Waals surface area (Å²) in [6, 6.07) is 0. The summed E-state index contributed by atoms with van der Waals surface area (Å²) in [5, 5.41) is 7.14. The number of rotatable bonds is 8. The minimum absolute atomic E-state index is 0. The molecule has 29 heavy (non-hydrogen) atoms. The van der Waals surface area contributed by atoms with E-state index in [4.69, 9.17) is 9.47 Å². The summed E-state index contributed by atoms with van der Waals surface area (Å²) in [7, 11) is 1.88. The minimum atomic E-state index is 0. The molecule has 0 aromatic heterocycles. The zero-order valence-electron chi connectivity index (χ0n) is 18.4. The molecule has 0 unspecified atom stereocenters. The van der Waals surface area contributed by atoms with Crippen LogP contribution in [0.4, 0.5) is 0 Å². The first-order valence-electron chi connectivity index (χ1n) is 11.7. The molecule has 2 aliphatic heterocycles. The lowest BCUT2D eigenvalue weighted by Crippen LogP contribution is -2.59. The highest BCUT2D eigenvalue weighted by molar-refractivity contribution is 14.0. The number of likely N-dealkylation sites (tertiary alicyclic amines) is 1. The molecule has 1 aliphatic carbocycles. The first kappa shape index (κ1) is 25.1. The first-order chi connectivity index (χ1) is 13.8. The minimum Gasteiger partial charge on any atom is -0.381 e. The molecule has 7 heteroatoms. The van der Waals surface area contributed by atoms with E-state index in [2.05, 4.69) is 20.5 Å². The van der Waals surface area contributed by atoms with Crippen molar-refractivity contribution in [3.05, 3.63) is 0 Å². The highest BCUT2D eigenvalue weighted by atomic mass is 127. The van der Waals surface area contributed by atoms with Crippen molar-refractivity contribution in [2.24, 2.45) is 4.99 Å². The lowest BCUT2D eigenvalue weighted by atomic mass is 9.79. The predicted molar refractivity (Wildman–Crippen MR) is 130 cm³/mol. The summed E-state index contributed by atoms with van der Waals surface area (Å²) in [4.78, 5) is 7.24. The van der Waals surface area contributed by atoms with Gasteiger partial charge in [-0.2, -0.15) is 0 Å². The van der Waals surface area contributed by atoms with E-state index < -0.39 is 0 Å². The van der Waals surface area contributed by atoms with Crippen molar-refractivity contribution in [1.82, 2.24) is 15.5 Å². The molecule has 0 atom stereocenters. The van der Waals surface area contributed by atoms with Gasteiger partial charge in [-0.25, -0.2) is 0 Å². The second kappa shape index (κ2) is 14.0. The maximum Gasteiger partial charge on any atom is 0.191 e. The Balaban J connectivity index is 0.00000300. The molecule has 3 rings (SSSR count). The Morgan fingerprint density at radius 3 is 2.41 bits per heavy atom. The standard InChI is InChI=1S/C22H42N4O2.HI/c1-23-21(24-13-8-16-28-20-9-17-27-18-10-20)25-19-22(11-4-2-5-12-22)26-14-6-3-7-15-26;/h20H,2-19H2,1H3,(H2,23,24,25);1H. The number of hydrogen-bond donors (Lipinski definition) is 2. The Hall–Kier alpha value is -0.120. The van der Waals surface area contributed by atoms with Gasteiger partial charge >= 0.3 is 0 Å². The summed E-state index contributed by atoms with van der Waals surface area (Å²) in [6.45, 7) is 6.97. The zero-order valence-corrected chi connectivity index (χ0v) is 20.8. The van der Waals surface area contributed by atoms with E-state index in [9.17, 15) is 0 Å². The van der Waals surface area contributed by atoms with Gasteiger partial charge in [-0.15, -0.1) is 24.0 Å². The number of hydrogen-bond acceptors (Lipinski definition) is 4. The van der Waals surface area contributed by atoms with Crippen LogP contribution in [0.1, 0.15) is 70.6 Å². The van der Waals surface area contributed by atoms with Crippen molar-refractivity contribution in [2.45, 2.75) is 82.3 Å². The molecular weight excluding hydrogens is 479 g/mol. The average Bonchev–Trinajstić information content (AvgIpc) is 2.77. The van der Waals surface area contributed by atoms with Crippen molar-refractivity contribution >= 4 is 29.9 Å². The van der Waals surface area contributed by atoms with Gasteiger partial charge in [-0.05, 0) is 58.0 Å². The van der Waals surface area contributed by atoms with E-state index >= 15 is 0 Å². The first-order valence-corrected chi connectivity index (χ1v) is 11.7. The topological polar surface area (TPSA) is 58.1 Å². The van der Waals surface area contributed by atoms with Crippen molar-refractivity contribution in [3.8, 4) is 0 Å².